The summed E-state index contributed by atoms with van der Waals surface area (Å²) in [6.45, 7) is 16.3. The normalized spacial score (nSPS) is 26.7. The third-order valence-corrected chi connectivity index (χ3v) is 9.94. The van der Waals surface area contributed by atoms with Crippen LogP contribution in [0, 0.1) is 5.92 Å². The number of ketones is 1. The highest BCUT2D eigenvalue weighted by atomic mass is 28.4. The van der Waals surface area contributed by atoms with E-state index in [2.05, 4.69) is 40.8 Å². The van der Waals surface area contributed by atoms with Gasteiger partial charge in [-0.2, -0.15) is 0 Å². The number of hydrogen-bond donors (Lipinski definition) is 0. The summed E-state index contributed by atoms with van der Waals surface area (Å²) >= 11 is 0. The van der Waals surface area contributed by atoms with E-state index in [9.17, 15) is 4.79 Å². The van der Waals surface area contributed by atoms with Crippen molar-refractivity contribution in [3.05, 3.63) is 12.2 Å². The molecule has 1 fully saturated rings. The molecule has 0 unspecified atom stereocenters. The van der Waals surface area contributed by atoms with Crippen LogP contribution in [0.25, 0.3) is 0 Å². The van der Waals surface area contributed by atoms with Crippen LogP contribution < -0.4 is 0 Å². The van der Waals surface area contributed by atoms with Gasteiger partial charge in [0, 0.05) is 13.0 Å². The van der Waals surface area contributed by atoms with Crippen LogP contribution >= 0.6 is 0 Å². The monoisotopic (exact) mass is 340 g/mol. The summed E-state index contributed by atoms with van der Waals surface area (Å²) in [5.41, 5.74) is 0. The molecule has 23 heavy (non-hydrogen) atoms. The molecule has 0 bridgehead atoms. The maximum atomic E-state index is 11.8. The van der Waals surface area contributed by atoms with Gasteiger partial charge in [-0.1, -0.05) is 33.8 Å². The highest BCUT2D eigenvalue weighted by Gasteiger charge is 2.37. The zero-order valence-electron chi connectivity index (χ0n) is 16.1. The predicted octanol–water partition coefficient (Wildman–Crippen LogP) is 5.12. The molecule has 0 N–H and O–H groups in total. The minimum atomic E-state index is -1.68. The largest absolute Gasteiger partial charge is 0.417 e. The fourth-order valence-electron chi connectivity index (χ4n) is 2.71. The first-order valence-electron chi connectivity index (χ1n) is 9.01. The summed E-state index contributed by atoms with van der Waals surface area (Å²) in [5, 5.41) is 0.244. The minimum Gasteiger partial charge on any atom is -0.417 e. The van der Waals surface area contributed by atoms with Crippen molar-refractivity contribution < 1.29 is 14.0 Å². The highest BCUT2D eigenvalue weighted by Crippen LogP contribution is 2.37. The van der Waals surface area contributed by atoms with Crippen LogP contribution in [0.2, 0.25) is 18.1 Å². The molecule has 0 amide bonds. The number of carbonyl (C=O) groups excluding carboxylic acids is 1. The maximum absolute atomic E-state index is 11.8. The van der Waals surface area contributed by atoms with E-state index in [1.807, 2.05) is 6.92 Å². The van der Waals surface area contributed by atoms with Crippen LogP contribution in [0.5, 0.6) is 0 Å². The molecule has 0 aliphatic carbocycles. The maximum Gasteiger partial charge on any atom is 0.191 e. The molecule has 1 aliphatic rings. The zero-order chi connectivity index (χ0) is 17.7. The van der Waals surface area contributed by atoms with Gasteiger partial charge in [-0.3, -0.25) is 4.79 Å². The second-order valence-electron chi connectivity index (χ2n) is 8.42. The molecule has 0 aromatic rings. The van der Waals surface area contributed by atoms with E-state index in [0.29, 0.717) is 12.3 Å². The van der Waals surface area contributed by atoms with Gasteiger partial charge in [0.15, 0.2) is 14.1 Å². The zero-order valence-corrected chi connectivity index (χ0v) is 17.1. The molecule has 4 heteroatoms. The summed E-state index contributed by atoms with van der Waals surface area (Å²) in [5.74, 6) is 0.717. The third-order valence-electron chi connectivity index (χ3n) is 5.40. The van der Waals surface area contributed by atoms with Crippen molar-refractivity contribution in [2.24, 2.45) is 5.92 Å². The van der Waals surface area contributed by atoms with Crippen LogP contribution in [0.4, 0.5) is 0 Å². The third kappa shape index (κ3) is 6.52. The smallest absolute Gasteiger partial charge is 0.191 e. The Labute approximate surface area is 144 Å². The minimum absolute atomic E-state index is 0.0766. The lowest BCUT2D eigenvalue weighted by atomic mass is 9.90. The van der Waals surface area contributed by atoms with E-state index < -0.39 is 8.32 Å². The summed E-state index contributed by atoms with van der Waals surface area (Å²) in [6.07, 6.45) is 7.32. The second kappa shape index (κ2) is 8.59. The number of hydrogen-bond acceptors (Lipinski definition) is 3. The van der Waals surface area contributed by atoms with E-state index in [0.717, 1.165) is 25.9 Å². The van der Waals surface area contributed by atoms with Gasteiger partial charge in [0.2, 0.25) is 0 Å². The Morgan fingerprint density at radius 3 is 2.52 bits per heavy atom. The average molecular weight is 341 g/mol. The lowest BCUT2D eigenvalue weighted by Crippen LogP contribution is -2.42. The van der Waals surface area contributed by atoms with E-state index >= 15 is 0 Å². The molecule has 1 rings (SSSR count). The summed E-state index contributed by atoms with van der Waals surface area (Å²) in [6, 6.07) is 0. The Balaban J connectivity index is 2.47. The number of rotatable bonds is 7. The van der Waals surface area contributed by atoms with Gasteiger partial charge in [-0.15, -0.1) is 0 Å². The first-order chi connectivity index (χ1) is 10.6. The second-order valence-corrected chi connectivity index (χ2v) is 13.2. The summed E-state index contributed by atoms with van der Waals surface area (Å²) < 4.78 is 12.5. The fraction of sp³-hybridized carbons (Fsp3) is 0.842. The summed E-state index contributed by atoms with van der Waals surface area (Å²) in [4.78, 5) is 11.8. The van der Waals surface area contributed by atoms with E-state index in [-0.39, 0.29) is 23.0 Å². The SMILES string of the molecule is C/C=C/C(=O)C[C@H]1CC[C@H](C)[C@H](CCO[Si](C)(C)C(C)(C)C)O1. The lowest BCUT2D eigenvalue weighted by Gasteiger charge is -2.38. The molecule has 3 nitrogen and oxygen atoms in total. The quantitative estimate of drug-likeness (QED) is 0.477. The van der Waals surface area contributed by atoms with Gasteiger partial charge < -0.3 is 9.16 Å². The van der Waals surface area contributed by atoms with E-state index in [1.54, 1.807) is 12.2 Å². The van der Waals surface area contributed by atoms with Crippen molar-refractivity contribution in [2.75, 3.05) is 6.61 Å². The molecule has 0 aromatic carbocycles. The molecule has 134 valence electrons. The van der Waals surface area contributed by atoms with Crippen LogP contribution in [-0.2, 0) is 14.0 Å². The van der Waals surface area contributed by atoms with E-state index in [1.165, 1.54) is 0 Å². The van der Waals surface area contributed by atoms with Crippen molar-refractivity contribution in [1.29, 1.82) is 0 Å². The van der Waals surface area contributed by atoms with Gasteiger partial charge in [0.05, 0.1) is 12.2 Å². The average Bonchev–Trinajstić information content (AvgIpc) is 2.41. The lowest BCUT2D eigenvalue weighted by molar-refractivity contribution is -0.124. The summed E-state index contributed by atoms with van der Waals surface area (Å²) in [7, 11) is -1.68. The predicted molar refractivity (Wildman–Crippen MR) is 99.3 cm³/mol. The Kier molecular flexibility index (Phi) is 7.69. The van der Waals surface area contributed by atoms with Gasteiger partial charge in [0.1, 0.15) is 0 Å². The topological polar surface area (TPSA) is 35.5 Å². The van der Waals surface area contributed by atoms with Crippen LogP contribution in [0.3, 0.4) is 0 Å². The van der Waals surface area contributed by atoms with Crippen LogP contribution in [0.1, 0.15) is 60.3 Å². The first-order valence-corrected chi connectivity index (χ1v) is 11.9. The van der Waals surface area contributed by atoms with Crippen molar-refractivity contribution >= 4 is 14.1 Å². The number of allylic oxidation sites excluding steroid dienone is 2. The van der Waals surface area contributed by atoms with E-state index in [4.69, 9.17) is 9.16 Å². The standard InChI is InChI=1S/C19H36O3Si/c1-8-9-16(20)14-17-11-10-15(2)18(22-17)12-13-21-23(6,7)19(3,4)5/h8-9,15,17-18H,10-14H2,1-7H3/b9-8+/t15-,17+,18-/m0/s1. The van der Waals surface area contributed by atoms with Gasteiger partial charge in [-0.25, -0.2) is 0 Å². The van der Waals surface area contributed by atoms with Crippen molar-refractivity contribution in [1.82, 2.24) is 0 Å². The number of carbonyl (C=O) groups is 1. The molecule has 1 aliphatic heterocycles. The first kappa shape index (κ1) is 20.6. The Bertz CT molecular complexity index is 409. The van der Waals surface area contributed by atoms with Gasteiger partial charge >= 0.3 is 0 Å². The fourth-order valence-corrected chi connectivity index (χ4v) is 3.77. The molecular weight excluding hydrogens is 304 g/mol. The highest BCUT2D eigenvalue weighted by molar-refractivity contribution is 6.74. The van der Waals surface area contributed by atoms with Crippen molar-refractivity contribution in [3.63, 3.8) is 0 Å². The number of ether oxygens (including phenoxy) is 1. The van der Waals surface area contributed by atoms with Crippen molar-refractivity contribution in [3.8, 4) is 0 Å². The Morgan fingerprint density at radius 2 is 1.96 bits per heavy atom. The molecule has 0 spiro atoms. The van der Waals surface area contributed by atoms with Gasteiger partial charge in [-0.05, 0) is 56.3 Å². The Hall–Kier alpha value is -0.453. The molecule has 3 atom stereocenters. The molecule has 0 radical (unpaired) electrons. The van der Waals surface area contributed by atoms with Crippen LogP contribution in [-0.4, -0.2) is 32.9 Å². The van der Waals surface area contributed by atoms with Crippen molar-refractivity contribution in [2.45, 2.75) is 90.6 Å². The molecule has 0 aromatic heterocycles. The Morgan fingerprint density at radius 1 is 1.30 bits per heavy atom. The molecule has 1 heterocycles. The molecular formula is C19H36O3Si. The molecule has 0 saturated carbocycles. The van der Waals surface area contributed by atoms with Crippen LogP contribution in [0.15, 0.2) is 12.2 Å². The molecule has 1 saturated heterocycles. The van der Waals surface area contributed by atoms with Gasteiger partial charge in [0.25, 0.3) is 0 Å².